The molecule has 4 rings (SSSR count). The van der Waals surface area contributed by atoms with Crippen LogP contribution < -0.4 is 15.5 Å². The van der Waals surface area contributed by atoms with Crippen LogP contribution in [0.3, 0.4) is 0 Å². The molecule has 36 heavy (non-hydrogen) atoms. The number of hydrogen-bond donors (Lipinski definition) is 2. The Morgan fingerprint density at radius 3 is 2.31 bits per heavy atom. The van der Waals surface area contributed by atoms with Crippen LogP contribution in [0.1, 0.15) is 16.7 Å². The summed E-state index contributed by atoms with van der Waals surface area (Å²) < 4.78 is 42.3. The first-order valence-electron chi connectivity index (χ1n) is 10.7. The molecule has 4 aromatic rings. The standard InChI is InChI=1S/C25H21F3N6OS/c1-16-4-3-5-17(2)22(16)31-24(36)32-30-14-18-6-8-19(9-7-18)23-29-15-34(33-23)20-10-12-21(13-11-20)35-25(26,27)28/h3-15H,1-2H3,(H2,31,32,36)/b30-14-. The third kappa shape index (κ3) is 6.45. The molecule has 0 radical (unpaired) electrons. The van der Waals surface area contributed by atoms with Gasteiger partial charge in [-0.3, -0.25) is 5.43 Å². The van der Waals surface area contributed by atoms with Crippen molar-refractivity contribution in [3.05, 3.63) is 89.7 Å². The van der Waals surface area contributed by atoms with Crippen LogP contribution in [0.2, 0.25) is 0 Å². The molecule has 3 aromatic carbocycles. The van der Waals surface area contributed by atoms with Crippen LogP contribution in [-0.2, 0) is 0 Å². The normalized spacial score (nSPS) is 11.5. The van der Waals surface area contributed by atoms with E-state index in [1.807, 2.05) is 56.3 Å². The molecule has 11 heteroatoms. The summed E-state index contributed by atoms with van der Waals surface area (Å²) in [5.74, 6) is 0.159. The van der Waals surface area contributed by atoms with Crippen molar-refractivity contribution in [1.82, 2.24) is 20.2 Å². The quantitative estimate of drug-likeness (QED) is 0.195. The van der Waals surface area contributed by atoms with Crippen LogP contribution in [0.25, 0.3) is 17.1 Å². The second-order valence-electron chi connectivity index (χ2n) is 7.77. The minimum absolute atomic E-state index is 0.305. The van der Waals surface area contributed by atoms with E-state index in [0.717, 1.165) is 27.9 Å². The molecule has 0 spiro atoms. The fraction of sp³-hybridized carbons (Fsp3) is 0.120. The summed E-state index contributed by atoms with van der Waals surface area (Å²) in [6, 6.07) is 18.8. The van der Waals surface area contributed by atoms with Gasteiger partial charge in [0.1, 0.15) is 12.1 Å². The molecule has 184 valence electrons. The van der Waals surface area contributed by atoms with Gasteiger partial charge in [-0.2, -0.15) is 5.10 Å². The SMILES string of the molecule is Cc1cccc(C)c1NC(=S)N/N=C\c1ccc(-c2ncn(-c3ccc(OC(F)(F)F)cc3)n2)cc1. The highest BCUT2D eigenvalue weighted by Crippen LogP contribution is 2.24. The van der Waals surface area contributed by atoms with Gasteiger partial charge in [-0.05, 0) is 67.0 Å². The van der Waals surface area contributed by atoms with E-state index in [1.165, 1.54) is 35.3 Å². The Labute approximate surface area is 210 Å². The number of ether oxygens (including phenoxy) is 1. The van der Waals surface area contributed by atoms with Gasteiger partial charge < -0.3 is 10.1 Å². The van der Waals surface area contributed by atoms with Crippen molar-refractivity contribution in [2.24, 2.45) is 5.10 Å². The Morgan fingerprint density at radius 2 is 1.67 bits per heavy atom. The van der Waals surface area contributed by atoms with Gasteiger partial charge in [0.05, 0.1) is 11.9 Å². The van der Waals surface area contributed by atoms with E-state index in [9.17, 15) is 13.2 Å². The first-order valence-corrected chi connectivity index (χ1v) is 11.1. The number of benzene rings is 3. The van der Waals surface area contributed by atoms with E-state index < -0.39 is 6.36 Å². The summed E-state index contributed by atoms with van der Waals surface area (Å²) in [5, 5.41) is 12.1. The first-order chi connectivity index (χ1) is 17.2. The Morgan fingerprint density at radius 1 is 1.00 bits per heavy atom. The van der Waals surface area contributed by atoms with E-state index >= 15 is 0 Å². The van der Waals surface area contributed by atoms with Crippen molar-refractivity contribution in [2.45, 2.75) is 20.2 Å². The Balaban J connectivity index is 1.36. The van der Waals surface area contributed by atoms with Crippen LogP contribution in [0, 0.1) is 13.8 Å². The number of hydrogen-bond acceptors (Lipinski definition) is 5. The summed E-state index contributed by atoms with van der Waals surface area (Å²) in [6.45, 7) is 4.01. The summed E-state index contributed by atoms with van der Waals surface area (Å²) in [7, 11) is 0. The van der Waals surface area contributed by atoms with Gasteiger partial charge in [-0.1, -0.05) is 42.5 Å². The lowest BCUT2D eigenvalue weighted by Crippen LogP contribution is -2.24. The third-order valence-electron chi connectivity index (χ3n) is 5.09. The maximum atomic E-state index is 12.3. The number of nitrogens with one attached hydrogen (secondary N) is 2. The van der Waals surface area contributed by atoms with Crippen LogP contribution in [0.15, 0.2) is 78.2 Å². The van der Waals surface area contributed by atoms with Crippen LogP contribution in [0.5, 0.6) is 5.75 Å². The number of aryl methyl sites for hydroxylation is 2. The molecule has 0 unspecified atom stereocenters. The minimum Gasteiger partial charge on any atom is -0.406 e. The number of halogens is 3. The second-order valence-corrected chi connectivity index (χ2v) is 8.18. The van der Waals surface area contributed by atoms with Crippen LogP contribution in [0.4, 0.5) is 18.9 Å². The monoisotopic (exact) mass is 510 g/mol. The van der Waals surface area contributed by atoms with Gasteiger partial charge in [0.15, 0.2) is 10.9 Å². The zero-order valence-electron chi connectivity index (χ0n) is 19.2. The molecular formula is C25H21F3N6OS. The van der Waals surface area contributed by atoms with Crippen molar-refractivity contribution < 1.29 is 17.9 Å². The zero-order chi connectivity index (χ0) is 25.7. The number of thiocarbonyl (C=S) groups is 1. The molecule has 0 aliphatic carbocycles. The molecule has 0 atom stereocenters. The van der Waals surface area contributed by atoms with E-state index in [-0.39, 0.29) is 5.75 Å². The molecule has 2 N–H and O–H groups in total. The smallest absolute Gasteiger partial charge is 0.406 e. The van der Waals surface area contributed by atoms with E-state index in [2.05, 4.69) is 30.7 Å². The molecule has 0 amide bonds. The van der Waals surface area contributed by atoms with Gasteiger partial charge in [0, 0.05) is 11.3 Å². The molecule has 0 aliphatic heterocycles. The maximum Gasteiger partial charge on any atom is 0.573 e. The number of anilines is 1. The highest BCUT2D eigenvalue weighted by molar-refractivity contribution is 7.80. The number of hydrazone groups is 1. The molecule has 0 aliphatic rings. The highest BCUT2D eigenvalue weighted by atomic mass is 32.1. The molecule has 0 bridgehead atoms. The fourth-order valence-electron chi connectivity index (χ4n) is 3.36. The van der Waals surface area contributed by atoms with Crippen molar-refractivity contribution >= 4 is 29.2 Å². The van der Waals surface area contributed by atoms with Crippen molar-refractivity contribution in [3.8, 4) is 22.8 Å². The number of rotatable bonds is 6. The van der Waals surface area contributed by atoms with E-state index in [0.29, 0.717) is 16.6 Å². The molecule has 1 aromatic heterocycles. The fourth-order valence-corrected chi connectivity index (χ4v) is 3.51. The second kappa shape index (κ2) is 10.6. The number of aromatic nitrogens is 3. The van der Waals surface area contributed by atoms with Gasteiger partial charge in [0.2, 0.25) is 0 Å². The number of para-hydroxylation sites is 1. The molecule has 1 heterocycles. The predicted octanol–water partition coefficient (Wildman–Crippen LogP) is 5.77. The first kappa shape index (κ1) is 24.9. The van der Waals surface area contributed by atoms with E-state index in [1.54, 1.807) is 6.21 Å². The molecule has 0 fully saturated rings. The van der Waals surface area contributed by atoms with Crippen LogP contribution >= 0.6 is 12.2 Å². The Hall–Kier alpha value is -4.25. The summed E-state index contributed by atoms with van der Waals surface area (Å²) in [5.41, 5.74) is 8.08. The van der Waals surface area contributed by atoms with Gasteiger partial charge in [-0.25, -0.2) is 9.67 Å². The molecule has 0 saturated carbocycles. The summed E-state index contributed by atoms with van der Waals surface area (Å²) >= 11 is 5.32. The zero-order valence-corrected chi connectivity index (χ0v) is 20.1. The Kier molecular flexibility index (Phi) is 7.30. The number of alkyl halides is 3. The largest absolute Gasteiger partial charge is 0.573 e. The lowest BCUT2D eigenvalue weighted by molar-refractivity contribution is -0.274. The lowest BCUT2D eigenvalue weighted by atomic mass is 10.1. The molecule has 0 saturated heterocycles. The summed E-state index contributed by atoms with van der Waals surface area (Å²) in [4.78, 5) is 4.28. The average molecular weight is 511 g/mol. The molecular weight excluding hydrogens is 489 g/mol. The van der Waals surface area contributed by atoms with E-state index in [4.69, 9.17) is 12.2 Å². The van der Waals surface area contributed by atoms with Crippen LogP contribution in [-0.4, -0.2) is 32.5 Å². The lowest BCUT2D eigenvalue weighted by Gasteiger charge is -2.12. The Bertz CT molecular complexity index is 1360. The average Bonchev–Trinajstić information content (AvgIpc) is 3.32. The highest BCUT2D eigenvalue weighted by Gasteiger charge is 2.31. The van der Waals surface area contributed by atoms with Crippen molar-refractivity contribution in [3.63, 3.8) is 0 Å². The summed E-state index contributed by atoms with van der Waals surface area (Å²) in [6.07, 6.45) is -1.62. The van der Waals surface area contributed by atoms with Crippen molar-refractivity contribution in [2.75, 3.05) is 5.32 Å². The topological polar surface area (TPSA) is 76.4 Å². The number of nitrogens with zero attached hydrogens (tertiary/aromatic N) is 4. The van der Waals surface area contributed by atoms with Gasteiger partial charge in [0.25, 0.3) is 0 Å². The molecule has 7 nitrogen and oxygen atoms in total. The van der Waals surface area contributed by atoms with Gasteiger partial charge in [-0.15, -0.1) is 18.3 Å². The van der Waals surface area contributed by atoms with Gasteiger partial charge >= 0.3 is 6.36 Å². The maximum absolute atomic E-state index is 12.3. The predicted molar refractivity (Wildman–Crippen MR) is 136 cm³/mol. The minimum atomic E-state index is -4.74. The third-order valence-corrected chi connectivity index (χ3v) is 5.29. The van der Waals surface area contributed by atoms with Crippen molar-refractivity contribution in [1.29, 1.82) is 0 Å².